The minimum atomic E-state index is -0.474. The number of benzene rings is 1. The molecule has 2 rings (SSSR count). The molecule has 1 aromatic heterocycles. The van der Waals surface area contributed by atoms with Gasteiger partial charge in [-0.15, -0.1) is 0 Å². The Morgan fingerprint density at radius 1 is 1.38 bits per heavy atom. The molecule has 0 saturated heterocycles. The van der Waals surface area contributed by atoms with Gasteiger partial charge in [-0.2, -0.15) is 5.26 Å². The maximum atomic E-state index is 11.5. The predicted molar refractivity (Wildman–Crippen MR) is 77.6 cm³/mol. The van der Waals surface area contributed by atoms with Gasteiger partial charge < -0.3 is 10.1 Å². The molecule has 0 aliphatic carbocycles. The summed E-state index contributed by atoms with van der Waals surface area (Å²) in [5.41, 5.74) is 1.68. The third kappa shape index (κ3) is 3.46. The molecule has 1 heterocycles. The van der Waals surface area contributed by atoms with Gasteiger partial charge in [0.25, 0.3) is 0 Å². The molecule has 0 unspecified atom stereocenters. The van der Waals surface area contributed by atoms with Crippen LogP contribution in [0.4, 0.5) is 11.6 Å². The molecule has 1 N–H and O–H groups in total. The van der Waals surface area contributed by atoms with Crippen molar-refractivity contribution in [1.29, 1.82) is 5.26 Å². The van der Waals surface area contributed by atoms with Gasteiger partial charge in [-0.05, 0) is 31.2 Å². The van der Waals surface area contributed by atoms with E-state index in [0.29, 0.717) is 22.0 Å². The monoisotopic (exact) mass is 302 g/mol. The normalized spacial score (nSPS) is 9.81. The van der Waals surface area contributed by atoms with Gasteiger partial charge in [0.1, 0.15) is 11.8 Å². The van der Waals surface area contributed by atoms with Crippen LogP contribution in [0.25, 0.3) is 0 Å². The van der Waals surface area contributed by atoms with Crippen LogP contribution in [-0.2, 0) is 4.74 Å². The van der Waals surface area contributed by atoms with Crippen molar-refractivity contribution in [3.63, 3.8) is 0 Å². The zero-order valence-corrected chi connectivity index (χ0v) is 12.1. The number of rotatable bonds is 3. The molecule has 0 saturated carbocycles. The van der Waals surface area contributed by atoms with E-state index in [1.807, 2.05) is 6.07 Å². The van der Waals surface area contributed by atoms with E-state index in [1.165, 1.54) is 13.2 Å². The second-order valence-corrected chi connectivity index (χ2v) is 4.55. The average molecular weight is 303 g/mol. The number of nitrogens with zero attached hydrogens (tertiary/aromatic N) is 3. The number of aromatic nitrogens is 2. The van der Waals surface area contributed by atoms with Crippen molar-refractivity contribution in [3.8, 4) is 6.07 Å². The molecule has 2 aromatic rings. The number of carbonyl (C=O) groups excluding carboxylic acids is 1. The molecular formula is C14H11ClN4O2. The Morgan fingerprint density at radius 3 is 2.81 bits per heavy atom. The van der Waals surface area contributed by atoms with E-state index >= 15 is 0 Å². The van der Waals surface area contributed by atoms with Gasteiger partial charge in [-0.25, -0.2) is 14.8 Å². The van der Waals surface area contributed by atoms with Crippen molar-refractivity contribution < 1.29 is 9.53 Å². The van der Waals surface area contributed by atoms with E-state index in [4.69, 9.17) is 16.9 Å². The topological polar surface area (TPSA) is 87.9 Å². The zero-order valence-electron chi connectivity index (χ0n) is 11.3. The molecule has 0 radical (unpaired) electrons. The molecule has 0 aliphatic rings. The lowest BCUT2D eigenvalue weighted by atomic mass is 10.2. The van der Waals surface area contributed by atoms with Crippen molar-refractivity contribution in [2.24, 2.45) is 0 Å². The maximum Gasteiger partial charge on any atom is 0.337 e. The highest BCUT2D eigenvalue weighted by Crippen LogP contribution is 2.25. The fourth-order valence-electron chi connectivity index (χ4n) is 1.67. The summed E-state index contributed by atoms with van der Waals surface area (Å²) >= 11 is 6.07. The van der Waals surface area contributed by atoms with Crippen LogP contribution >= 0.6 is 11.6 Å². The predicted octanol–water partition coefficient (Wildman–Crippen LogP) is 2.84. The lowest BCUT2D eigenvalue weighted by Crippen LogP contribution is -2.04. The smallest absolute Gasteiger partial charge is 0.337 e. The first-order valence-corrected chi connectivity index (χ1v) is 6.32. The first kappa shape index (κ1) is 14.8. The summed E-state index contributed by atoms with van der Waals surface area (Å²) in [6.07, 6.45) is 0. The van der Waals surface area contributed by atoms with Gasteiger partial charge >= 0.3 is 5.97 Å². The Morgan fingerprint density at radius 2 is 2.14 bits per heavy atom. The summed E-state index contributed by atoms with van der Waals surface area (Å²) in [6.45, 7) is 1.75. The van der Waals surface area contributed by atoms with E-state index in [1.54, 1.807) is 25.1 Å². The number of hydrogen-bond donors (Lipinski definition) is 1. The number of esters is 1. The molecule has 0 atom stereocenters. The van der Waals surface area contributed by atoms with E-state index in [0.717, 1.165) is 0 Å². The number of ether oxygens (including phenoxy) is 1. The third-order valence-electron chi connectivity index (χ3n) is 2.60. The molecule has 21 heavy (non-hydrogen) atoms. The molecule has 0 fully saturated rings. The molecule has 0 spiro atoms. The number of nitriles is 1. The van der Waals surface area contributed by atoms with Crippen LogP contribution in [0.5, 0.6) is 0 Å². The van der Waals surface area contributed by atoms with Gasteiger partial charge in [-0.3, -0.25) is 0 Å². The number of carbonyl (C=O) groups is 1. The number of hydrogen-bond acceptors (Lipinski definition) is 6. The van der Waals surface area contributed by atoms with Gasteiger partial charge in [0, 0.05) is 5.69 Å². The second kappa shape index (κ2) is 6.20. The summed E-state index contributed by atoms with van der Waals surface area (Å²) in [5, 5.41) is 12.2. The molecule has 6 nitrogen and oxygen atoms in total. The maximum absolute atomic E-state index is 11.5. The van der Waals surface area contributed by atoms with Gasteiger partial charge in [0.2, 0.25) is 5.95 Å². The first-order valence-electron chi connectivity index (χ1n) is 5.94. The number of halogens is 1. The quantitative estimate of drug-likeness (QED) is 0.877. The van der Waals surface area contributed by atoms with E-state index in [9.17, 15) is 4.79 Å². The minimum absolute atomic E-state index is 0.232. The highest BCUT2D eigenvalue weighted by Gasteiger charge is 2.10. The van der Waals surface area contributed by atoms with Crippen molar-refractivity contribution >= 4 is 29.2 Å². The molecule has 0 amide bonds. The zero-order chi connectivity index (χ0) is 15.4. The Bertz CT molecular complexity index is 740. The van der Waals surface area contributed by atoms with Crippen molar-refractivity contribution in [1.82, 2.24) is 9.97 Å². The largest absolute Gasteiger partial charge is 0.465 e. The van der Waals surface area contributed by atoms with Crippen LogP contribution in [-0.4, -0.2) is 23.0 Å². The van der Waals surface area contributed by atoms with Crippen LogP contribution in [0, 0.1) is 18.3 Å². The fourth-order valence-corrected chi connectivity index (χ4v) is 1.83. The number of anilines is 2. The van der Waals surface area contributed by atoms with Crippen LogP contribution in [0.1, 0.15) is 21.7 Å². The summed E-state index contributed by atoms with van der Waals surface area (Å²) in [6, 6.07) is 8.17. The summed E-state index contributed by atoms with van der Waals surface area (Å²) in [4.78, 5) is 19.7. The fraction of sp³-hybridized carbons (Fsp3) is 0.143. The first-order chi connectivity index (χ1) is 10.0. The highest BCUT2D eigenvalue weighted by molar-refractivity contribution is 6.33. The molecule has 0 aliphatic heterocycles. The lowest BCUT2D eigenvalue weighted by molar-refractivity contribution is 0.0601. The third-order valence-corrected chi connectivity index (χ3v) is 2.93. The number of nitrogens with one attached hydrogen (secondary N) is 1. The van der Waals surface area contributed by atoms with Crippen molar-refractivity contribution in [2.45, 2.75) is 6.92 Å². The van der Waals surface area contributed by atoms with Crippen molar-refractivity contribution in [3.05, 3.63) is 46.2 Å². The molecule has 7 heteroatoms. The van der Waals surface area contributed by atoms with Crippen LogP contribution in [0.2, 0.25) is 5.02 Å². The summed E-state index contributed by atoms with van der Waals surface area (Å²) in [5.74, 6) is -0.243. The highest BCUT2D eigenvalue weighted by atomic mass is 35.5. The molecule has 0 bridgehead atoms. The van der Waals surface area contributed by atoms with Crippen LogP contribution in [0.3, 0.4) is 0 Å². The SMILES string of the molecule is COC(=O)c1ccc(Cl)c(Nc2nc(C)cc(C#N)n2)c1. The minimum Gasteiger partial charge on any atom is -0.465 e. The van der Waals surface area contributed by atoms with Crippen LogP contribution < -0.4 is 5.32 Å². The lowest BCUT2D eigenvalue weighted by Gasteiger charge is -2.09. The standard InChI is InChI=1S/C14H11ClN4O2/c1-8-5-10(7-16)18-14(17-8)19-12-6-9(13(20)21-2)3-4-11(12)15/h3-6H,1-2H3,(H,17,18,19). The molecule has 106 valence electrons. The Labute approximate surface area is 126 Å². The van der Waals surface area contributed by atoms with Gasteiger partial charge in [0.15, 0.2) is 0 Å². The summed E-state index contributed by atoms with van der Waals surface area (Å²) < 4.78 is 4.65. The van der Waals surface area contributed by atoms with E-state index in [2.05, 4.69) is 20.0 Å². The average Bonchev–Trinajstić information content (AvgIpc) is 2.48. The Kier molecular flexibility index (Phi) is 4.36. The number of aryl methyl sites for hydroxylation is 1. The number of methoxy groups -OCH3 is 1. The molecule has 1 aromatic carbocycles. The summed E-state index contributed by atoms with van der Waals surface area (Å²) in [7, 11) is 1.30. The Hall–Kier alpha value is -2.65. The van der Waals surface area contributed by atoms with E-state index < -0.39 is 5.97 Å². The van der Waals surface area contributed by atoms with Crippen molar-refractivity contribution in [2.75, 3.05) is 12.4 Å². The van der Waals surface area contributed by atoms with Gasteiger partial charge in [-0.1, -0.05) is 11.6 Å². The Balaban J connectivity index is 2.37. The van der Waals surface area contributed by atoms with Gasteiger partial charge in [0.05, 0.1) is 23.4 Å². The molecular weight excluding hydrogens is 292 g/mol. The van der Waals surface area contributed by atoms with Crippen LogP contribution in [0.15, 0.2) is 24.3 Å². The van der Waals surface area contributed by atoms with E-state index in [-0.39, 0.29) is 11.6 Å². The second-order valence-electron chi connectivity index (χ2n) is 4.14.